The van der Waals surface area contributed by atoms with Crippen LogP contribution in [0.5, 0.6) is 0 Å². The lowest BCUT2D eigenvalue weighted by molar-refractivity contribution is 0.148. The van der Waals surface area contributed by atoms with Crippen molar-refractivity contribution in [1.29, 1.82) is 0 Å². The zero-order valence-corrected chi connectivity index (χ0v) is 15.1. The molecule has 3 rings (SSSR count). The van der Waals surface area contributed by atoms with E-state index in [0.717, 1.165) is 57.1 Å². The predicted octanol–water partition coefficient (Wildman–Crippen LogP) is 2.88. The molecule has 1 atom stereocenters. The topological polar surface area (TPSA) is 37.2 Å². The Kier molecular flexibility index (Phi) is 5.63. The van der Waals surface area contributed by atoms with E-state index in [0.29, 0.717) is 6.04 Å². The Labute approximate surface area is 145 Å². The van der Waals surface area contributed by atoms with Crippen molar-refractivity contribution >= 4 is 0 Å². The molecule has 0 spiro atoms. The monoisotopic (exact) mass is 327 g/mol. The minimum absolute atomic E-state index is 0.453. The molecule has 24 heavy (non-hydrogen) atoms. The quantitative estimate of drug-likeness (QED) is 0.784. The number of nitrogens with zero attached hydrogens (tertiary/aromatic N) is 5. The van der Waals surface area contributed by atoms with E-state index in [1.54, 1.807) is 0 Å². The molecule has 5 nitrogen and oxygen atoms in total. The van der Waals surface area contributed by atoms with Crippen LogP contribution in [0.4, 0.5) is 0 Å². The van der Waals surface area contributed by atoms with Gasteiger partial charge >= 0.3 is 0 Å². The van der Waals surface area contributed by atoms with Gasteiger partial charge < -0.3 is 4.90 Å². The Morgan fingerprint density at radius 3 is 2.79 bits per heavy atom. The van der Waals surface area contributed by atoms with Crippen LogP contribution < -0.4 is 0 Å². The first-order valence-electron chi connectivity index (χ1n) is 9.09. The van der Waals surface area contributed by atoms with Crippen LogP contribution >= 0.6 is 0 Å². The van der Waals surface area contributed by atoms with Gasteiger partial charge in [-0.3, -0.25) is 14.6 Å². The molecule has 0 saturated carbocycles. The van der Waals surface area contributed by atoms with Gasteiger partial charge in [-0.15, -0.1) is 0 Å². The molecule has 2 aromatic rings. The van der Waals surface area contributed by atoms with Gasteiger partial charge in [-0.05, 0) is 44.6 Å². The van der Waals surface area contributed by atoms with Crippen LogP contribution in [0.15, 0.2) is 30.5 Å². The largest absolute Gasteiger partial charge is 0.304 e. The molecule has 0 aliphatic carbocycles. The van der Waals surface area contributed by atoms with Gasteiger partial charge in [-0.2, -0.15) is 5.10 Å². The van der Waals surface area contributed by atoms with Crippen molar-refractivity contribution in [2.75, 3.05) is 26.2 Å². The van der Waals surface area contributed by atoms with E-state index in [4.69, 9.17) is 0 Å². The third-order valence-electron chi connectivity index (χ3n) is 4.96. The molecule has 0 N–H and O–H groups in total. The normalized spacial score (nSPS) is 18.1. The van der Waals surface area contributed by atoms with Crippen molar-refractivity contribution in [1.82, 2.24) is 24.6 Å². The zero-order valence-electron chi connectivity index (χ0n) is 15.1. The molecule has 2 aromatic heterocycles. The van der Waals surface area contributed by atoms with Gasteiger partial charge in [-0.25, -0.2) is 0 Å². The molecule has 3 heterocycles. The Morgan fingerprint density at radius 1 is 1.21 bits per heavy atom. The van der Waals surface area contributed by atoms with Crippen LogP contribution in [0.1, 0.15) is 43.4 Å². The molecular weight excluding hydrogens is 298 g/mol. The summed E-state index contributed by atoms with van der Waals surface area (Å²) < 4.78 is 2.24. The van der Waals surface area contributed by atoms with Crippen LogP contribution in [0, 0.1) is 6.92 Å². The van der Waals surface area contributed by atoms with Gasteiger partial charge in [-0.1, -0.05) is 19.9 Å². The second-order valence-electron chi connectivity index (χ2n) is 6.68. The van der Waals surface area contributed by atoms with Gasteiger partial charge in [0.15, 0.2) is 0 Å². The summed E-state index contributed by atoms with van der Waals surface area (Å²) in [4.78, 5) is 9.66. The molecule has 0 saturated heterocycles. The first kappa shape index (κ1) is 17.1. The minimum atomic E-state index is 0.453. The van der Waals surface area contributed by atoms with Crippen molar-refractivity contribution in [3.8, 4) is 0 Å². The average Bonchev–Trinajstić information content (AvgIpc) is 3.04. The van der Waals surface area contributed by atoms with Crippen molar-refractivity contribution in [2.24, 2.45) is 0 Å². The molecule has 0 bridgehead atoms. The fraction of sp³-hybridized carbons (Fsp3) is 0.579. The smallest absolute Gasteiger partial charge is 0.0662 e. The lowest BCUT2D eigenvalue weighted by Gasteiger charge is -2.34. The number of hydrogen-bond acceptors (Lipinski definition) is 4. The van der Waals surface area contributed by atoms with Crippen molar-refractivity contribution in [3.05, 3.63) is 47.5 Å². The van der Waals surface area contributed by atoms with E-state index in [-0.39, 0.29) is 0 Å². The van der Waals surface area contributed by atoms with Crippen LogP contribution in [0.3, 0.4) is 0 Å². The van der Waals surface area contributed by atoms with E-state index in [1.165, 1.54) is 5.69 Å². The highest BCUT2D eigenvalue weighted by Gasteiger charge is 2.25. The molecule has 130 valence electrons. The molecule has 0 radical (unpaired) electrons. The SMILES string of the molecule is CCN(CC)CC[C@@H]1CN(Cc2cccc(C)n2)Cc2ccnn21. The maximum atomic E-state index is 4.66. The summed E-state index contributed by atoms with van der Waals surface area (Å²) >= 11 is 0. The molecular formula is C19H29N5. The third-order valence-corrected chi connectivity index (χ3v) is 4.96. The molecule has 1 aliphatic rings. The van der Waals surface area contributed by atoms with Gasteiger partial charge in [0.1, 0.15) is 0 Å². The van der Waals surface area contributed by atoms with Crippen LogP contribution in [-0.4, -0.2) is 50.7 Å². The average molecular weight is 327 g/mol. The van der Waals surface area contributed by atoms with Gasteiger partial charge in [0.25, 0.3) is 0 Å². The van der Waals surface area contributed by atoms with Gasteiger partial charge in [0.2, 0.25) is 0 Å². The van der Waals surface area contributed by atoms with E-state index >= 15 is 0 Å². The Bertz CT molecular complexity index is 647. The first-order chi connectivity index (χ1) is 11.7. The summed E-state index contributed by atoms with van der Waals surface area (Å²) in [7, 11) is 0. The van der Waals surface area contributed by atoms with Crippen molar-refractivity contribution in [3.63, 3.8) is 0 Å². The summed E-state index contributed by atoms with van der Waals surface area (Å²) in [5.74, 6) is 0. The lowest BCUT2D eigenvalue weighted by atomic mass is 10.1. The summed E-state index contributed by atoms with van der Waals surface area (Å²) in [6, 6.07) is 8.89. The highest BCUT2D eigenvalue weighted by Crippen LogP contribution is 2.24. The van der Waals surface area contributed by atoms with Crippen molar-refractivity contribution < 1.29 is 0 Å². The fourth-order valence-corrected chi connectivity index (χ4v) is 3.59. The Morgan fingerprint density at radius 2 is 2.04 bits per heavy atom. The molecule has 1 aliphatic heterocycles. The molecule has 0 fully saturated rings. The maximum absolute atomic E-state index is 4.66. The zero-order chi connectivity index (χ0) is 16.9. The number of fused-ring (bicyclic) bond motifs is 1. The van der Waals surface area contributed by atoms with Crippen molar-refractivity contribution in [2.45, 2.75) is 46.3 Å². The van der Waals surface area contributed by atoms with Gasteiger partial charge in [0, 0.05) is 38.1 Å². The Hall–Kier alpha value is -1.72. The maximum Gasteiger partial charge on any atom is 0.0662 e. The van der Waals surface area contributed by atoms with E-state index in [9.17, 15) is 0 Å². The molecule has 5 heteroatoms. The van der Waals surface area contributed by atoms with Gasteiger partial charge in [0.05, 0.1) is 17.4 Å². The fourth-order valence-electron chi connectivity index (χ4n) is 3.59. The van der Waals surface area contributed by atoms with Crippen LogP contribution in [0.2, 0.25) is 0 Å². The standard InChI is InChI=1S/C19H29N5/c1-4-22(5-2)12-10-19-15-23(14-18-9-11-20-24(18)19)13-17-8-6-7-16(3)21-17/h6-9,11,19H,4-5,10,12-15H2,1-3H3/t19-/m1/s1. The summed E-state index contributed by atoms with van der Waals surface area (Å²) in [6.45, 7) is 12.8. The number of hydrogen-bond donors (Lipinski definition) is 0. The number of aromatic nitrogens is 3. The number of rotatable bonds is 7. The molecule has 0 unspecified atom stereocenters. The predicted molar refractivity (Wildman–Crippen MR) is 96.8 cm³/mol. The summed E-state index contributed by atoms with van der Waals surface area (Å²) in [5.41, 5.74) is 3.57. The van der Waals surface area contributed by atoms with Crippen LogP contribution in [0.25, 0.3) is 0 Å². The molecule has 0 aromatic carbocycles. The lowest BCUT2D eigenvalue weighted by Crippen LogP contribution is -2.39. The van der Waals surface area contributed by atoms with E-state index in [1.807, 2.05) is 6.20 Å². The Balaban J connectivity index is 1.68. The highest BCUT2D eigenvalue weighted by molar-refractivity contribution is 5.11. The number of pyridine rings is 1. The third kappa shape index (κ3) is 4.02. The second-order valence-corrected chi connectivity index (χ2v) is 6.68. The summed E-state index contributed by atoms with van der Waals surface area (Å²) in [6.07, 6.45) is 3.09. The highest BCUT2D eigenvalue weighted by atomic mass is 15.4. The minimum Gasteiger partial charge on any atom is -0.304 e. The second kappa shape index (κ2) is 7.90. The molecule has 0 amide bonds. The van der Waals surface area contributed by atoms with Crippen LogP contribution in [-0.2, 0) is 13.1 Å². The number of aryl methyl sites for hydroxylation is 1. The van der Waals surface area contributed by atoms with E-state index in [2.05, 4.69) is 69.6 Å². The van der Waals surface area contributed by atoms with E-state index < -0.39 is 0 Å². The first-order valence-corrected chi connectivity index (χ1v) is 9.09. The summed E-state index contributed by atoms with van der Waals surface area (Å²) in [5, 5.41) is 4.58.